The van der Waals surface area contributed by atoms with Crippen LogP contribution in [-0.4, -0.2) is 16.8 Å². The zero-order valence-corrected chi connectivity index (χ0v) is 7.72. The number of hydrogen-bond donors (Lipinski definition) is 2. The minimum absolute atomic E-state index is 0.238. The number of hydrogen-bond acceptors (Lipinski definition) is 2. The van der Waals surface area contributed by atoms with E-state index in [0.29, 0.717) is 0 Å². The van der Waals surface area contributed by atoms with Crippen LogP contribution < -0.4 is 0 Å². The SMILES string of the molecule is OCC(O)c1ccc2ccccc2c1. The van der Waals surface area contributed by atoms with Crippen molar-refractivity contribution in [2.24, 2.45) is 0 Å². The van der Waals surface area contributed by atoms with Crippen molar-refractivity contribution in [1.29, 1.82) is 0 Å². The molecule has 0 heterocycles. The van der Waals surface area contributed by atoms with Crippen molar-refractivity contribution in [2.75, 3.05) is 6.61 Å². The predicted molar refractivity (Wildman–Crippen MR) is 56.0 cm³/mol. The van der Waals surface area contributed by atoms with Crippen LogP contribution in [0.2, 0.25) is 0 Å². The van der Waals surface area contributed by atoms with Crippen LogP contribution in [0.25, 0.3) is 10.8 Å². The Bertz CT molecular complexity index is 437. The maximum absolute atomic E-state index is 9.44. The largest absolute Gasteiger partial charge is 0.393 e. The molecule has 0 aromatic heterocycles. The minimum Gasteiger partial charge on any atom is -0.393 e. The lowest BCUT2D eigenvalue weighted by Crippen LogP contribution is -2.01. The van der Waals surface area contributed by atoms with E-state index in [0.717, 1.165) is 16.3 Å². The van der Waals surface area contributed by atoms with Gasteiger partial charge < -0.3 is 10.2 Å². The first-order valence-corrected chi connectivity index (χ1v) is 4.59. The molecule has 0 saturated heterocycles. The van der Waals surface area contributed by atoms with E-state index in [1.807, 2.05) is 42.5 Å². The summed E-state index contributed by atoms with van der Waals surface area (Å²) >= 11 is 0. The van der Waals surface area contributed by atoms with E-state index in [1.54, 1.807) is 0 Å². The summed E-state index contributed by atoms with van der Waals surface area (Å²) in [6.45, 7) is -0.238. The number of rotatable bonds is 2. The molecular formula is C12H12O2. The highest BCUT2D eigenvalue weighted by atomic mass is 16.3. The highest BCUT2D eigenvalue weighted by molar-refractivity contribution is 5.83. The van der Waals surface area contributed by atoms with Gasteiger partial charge in [0.05, 0.1) is 6.61 Å². The maximum atomic E-state index is 9.44. The Labute approximate surface area is 82.4 Å². The molecule has 0 radical (unpaired) electrons. The third-order valence-electron chi connectivity index (χ3n) is 2.33. The highest BCUT2D eigenvalue weighted by Gasteiger charge is 2.05. The molecule has 2 nitrogen and oxygen atoms in total. The predicted octanol–water partition coefficient (Wildman–Crippen LogP) is 1.87. The van der Waals surface area contributed by atoms with E-state index in [-0.39, 0.29) is 6.61 Å². The van der Waals surface area contributed by atoms with Gasteiger partial charge in [-0.05, 0) is 22.4 Å². The lowest BCUT2D eigenvalue weighted by molar-refractivity contribution is 0.0957. The van der Waals surface area contributed by atoms with Crippen LogP contribution in [0, 0.1) is 0 Å². The van der Waals surface area contributed by atoms with Gasteiger partial charge in [-0.2, -0.15) is 0 Å². The van der Waals surface area contributed by atoms with Crippen LogP contribution in [0.1, 0.15) is 11.7 Å². The van der Waals surface area contributed by atoms with E-state index in [1.165, 1.54) is 0 Å². The molecule has 72 valence electrons. The van der Waals surface area contributed by atoms with Gasteiger partial charge in [0.2, 0.25) is 0 Å². The lowest BCUT2D eigenvalue weighted by atomic mass is 10.0. The molecule has 2 aromatic carbocycles. The van der Waals surface area contributed by atoms with Crippen LogP contribution in [0.5, 0.6) is 0 Å². The van der Waals surface area contributed by atoms with E-state index in [9.17, 15) is 5.11 Å². The van der Waals surface area contributed by atoms with Crippen molar-refractivity contribution >= 4 is 10.8 Å². The lowest BCUT2D eigenvalue weighted by Gasteiger charge is -2.08. The Morgan fingerprint density at radius 1 is 1.00 bits per heavy atom. The first kappa shape index (κ1) is 9.19. The summed E-state index contributed by atoms with van der Waals surface area (Å²) in [4.78, 5) is 0. The second-order valence-corrected chi connectivity index (χ2v) is 3.30. The average Bonchev–Trinajstić information content (AvgIpc) is 2.27. The first-order valence-electron chi connectivity index (χ1n) is 4.59. The van der Waals surface area contributed by atoms with E-state index >= 15 is 0 Å². The van der Waals surface area contributed by atoms with Gasteiger partial charge >= 0.3 is 0 Å². The van der Waals surface area contributed by atoms with Crippen molar-refractivity contribution in [3.63, 3.8) is 0 Å². The van der Waals surface area contributed by atoms with Crippen LogP contribution in [0.3, 0.4) is 0 Å². The third kappa shape index (κ3) is 1.62. The molecule has 0 spiro atoms. The molecule has 2 N–H and O–H groups in total. The molecule has 14 heavy (non-hydrogen) atoms. The monoisotopic (exact) mass is 188 g/mol. The number of fused-ring (bicyclic) bond motifs is 1. The van der Waals surface area contributed by atoms with Gasteiger partial charge in [0.25, 0.3) is 0 Å². The summed E-state index contributed by atoms with van der Waals surface area (Å²) in [5.41, 5.74) is 0.756. The van der Waals surface area contributed by atoms with Gasteiger partial charge in [-0.15, -0.1) is 0 Å². The second kappa shape index (κ2) is 3.78. The van der Waals surface area contributed by atoms with Gasteiger partial charge in [0, 0.05) is 0 Å². The van der Waals surface area contributed by atoms with Gasteiger partial charge in [-0.1, -0.05) is 36.4 Å². The maximum Gasteiger partial charge on any atom is 0.102 e. The molecule has 2 heteroatoms. The molecule has 2 rings (SSSR count). The fourth-order valence-corrected chi connectivity index (χ4v) is 1.52. The van der Waals surface area contributed by atoms with Crippen LogP contribution in [0.15, 0.2) is 42.5 Å². The molecular weight excluding hydrogens is 176 g/mol. The summed E-state index contributed by atoms with van der Waals surface area (Å²) in [6.07, 6.45) is -0.778. The summed E-state index contributed by atoms with van der Waals surface area (Å²) < 4.78 is 0. The molecule has 0 aliphatic rings. The van der Waals surface area contributed by atoms with E-state index in [2.05, 4.69) is 0 Å². The molecule has 0 aliphatic heterocycles. The summed E-state index contributed by atoms with van der Waals surface area (Å²) in [6, 6.07) is 13.6. The number of aliphatic hydroxyl groups excluding tert-OH is 2. The summed E-state index contributed by atoms with van der Waals surface area (Å²) in [5, 5.41) is 20.5. The zero-order valence-electron chi connectivity index (χ0n) is 7.72. The Hall–Kier alpha value is -1.38. The molecule has 0 saturated carbocycles. The molecule has 0 aliphatic carbocycles. The van der Waals surface area contributed by atoms with Gasteiger partial charge in [0.1, 0.15) is 6.10 Å². The van der Waals surface area contributed by atoms with Crippen molar-refractivity contribution in [3.8, 4) is 0 Å². The quantitative estimate of drug-likeness (QED) is 0.755. The van der Waals surface area contributed by atoms with Crippen molar-refractivity contribution in [3.05, 3.63) is 48.0 Å². The van der Waals surface area contributed by atoms with Crippen LogP contribution in [-0.2, 0) is 0 Å². The Balaban J connectivity index is 2.51. The van der Waals surface area contributed by atoms with E-state index in [4.69, 9.17) is 5.11 Å². The molecule has 1 unspecified atom stereocenters. The number of aliphatic hydroxyl groups is 2. The summed E-state index contributed by atoms with van der Waals surface area (Å²) in [5.74, 6) is 0. The number of benzene rings is 2. The van der Waals surface area contributed by atoms with Crippen molar-refractivity contribution in [1.82, 2.24) is 0 Å². The molecule has 0 amide bonds. The molecule has 0 fully saturated rings. The van der Waals surface area contributed by atoms with Gasteiger partial charge in [-0.25, -0.2) is 0 Å². The molecule has 0 bridgehead atoms. The second-order valence-electron chi connectivity index (χ2n) is 3.30. The fraction of sp³-hybridized carbons (Fsp3) is 0.167. The van der Waals surface area contributed by atoms with Gasteiger partial charge in [-0.3, -0.25) is 0 Å². The smallest absolute Gasteiger partial charge is 0.102 e. The van der Waals surface area contributed by atoms with Gasteiger partial charge in [0.15, 0.2) is 0 Å². The standard InChI is InChI=1S/C12H12O2/c13-8-12(14)11-6-5-9-3-1-2-4-10(9)7-11/h1-7,12-14H,8H2. The summed E-state index contributed by atoms with van der Waals surface area (Å²) in [7, 11) is 0. The average molecular weight is 188 g/mol. The van der Waals surface area contributed by atoms with Crippen molar-refractivity contribution in [2.45, 2.75) is 6.10 Å². The normalized spacial score (nSPS) is 13.0. The van der Waals surface area contributed by atoms with Crippen LogP contribution >= 0.6 is 0 Å². The van der Waals surface area contributed by atoms with E-state index < -0.39 is 6.10 Å². The Morgan fingerprint density at radius 3 is 2.43 bits per heavy atom. The molecule has 1 atom stereocenters. The molecule has 2 aromatic rings. The Morgan fingerprint density at radius 2 is 1.71 bits per heavy atom. The fourth-order valence-electron chi connectivity index (χ4n) is 1.52. The third-order valence-corrected chi connectivity index (χ3v) is 2.33. The zero-order chi connectivity index (χ0) is 9.97. The van der Waals surface area contributed by atoms with Crippen molar-refractivity contribution < 1.29 is 10.2 Å². The topological polar surface area (TPSA) is 40.5 Å². The Kier molecular flexibility index (Phi) is 2.48. The highest BCUT2D eigenvalue weighted by Crippen LogP contribution is 2.19. The van der Waals surface area contributed by atoms with Crippen LogP contribution in [0.4, 0.5) is 0 Å². The first-order chi connectivity index (χ1) is 6.81. The minimum atomic E-state index is -0.778.